The van der Waals surface area contributed by atoms with Gasteiger partial charge in [-0.2, -0.15) is 5.10 Å². The lowest BCUT2D eigenvalue weighted by molar-refractivity contribution is 0.0219. The van der Waals surface area contributed by atoms with E-state index in [1.54, 1.807) is 7.11 Å². The Labute approximate surface area is 119 Å². The van der Waals surface area contributed by atoms with Crippen LogP contribution in [0.1, 0.15) is 48.5 Å². The molecule has 0 amide bonds. The number of aryl methyl sites for hydroxylation is 1. The lowest BCUT2D eigenvalue weighted by Crippen LogP contribution is -2.36. The third-order valence-electron chi connectivity index (χ3n) is 4.39. The van der Waals surface area contributed by atoms with Crippen molar-refractivity contribution in [2.45, 2.75) is 39.2 Å². The van der Waals surface area contributed by atoms with Crippen LogP contribution in [0, 0.1) is 12.3 Å². The van der Waals surface area contributed by atoms with E-state index >= 15 is 0 Å². The molecular formula is C16H21N3O. The summed E-state index contributed by atoms with van der Waals surface area (Å²) in [6.07, 6.45) is 2.80. The van der Waals surface area contributed by atoms with Crippen LogP contribution in [-0.4, -0.2) is 22.3 Å². The molecular weight excluding hydrogens is 250 g/mol. The largest absolute Gasteiger partial charge is 0.376 e. The molecule has 0 radical (unpaired) electrons. The van der Waals surface area contributed by atoms with Gasteiger partial charge in [-0.15, -0.1) is 0 Å². The number of pyridine rings is 1. The van der Waals surface area contributed by atoms with Crippen LogP contribution in [0.15, 0.2) is 24.4 Å². The monoisotopic (exact) mass is 271 g/mol. The van der Waals surface area contributed by atoms with Crippen LogP contribution >= 0.6 is 0 Å². The molecule has 2 aromatic heterocycles. The van der Waals surface area contributed by atoms with Crippen molar-refractivity contribution in [1.29, 1.82) is 0 Å². The Bertz CT molecular complexity index is 603. The molecule has 1 aliphatic carbocycles. The maximum absolute atomic E-state index is 5.86. The summed E-state index contributed by atoms with van der Waals surface area (Å²) in [7, 11) is 1.78. The number of hydrogen-bond donors (Lipinski definition) is 1. The van der Waals surface area contributed by atoms with Crippen LogP contribution in [0.4, 0.5) is 0 Å². The zero-order valence-corrected chi connectivity index (χ0v) is 12.5. The number of nitrogens with one attached hydrogen (secondary N) is 1. The molecule has 20 heavy (non-hydrogen) atoms. The highest BCUT2D eigenvalue weighted by Gasteiger charge is 2.45. The summed E-state index contributed by atoms with van der Waals surface area (Å²) in [5.74, 6) is 0.234. The van der Waals surface area contributed by atoms with Crippen molar-refractivity contribution in [2.75, 3.05) is 7.11 Å². The Hall–Kier alpha value is -1.68. The number of rotatable bonds is 2. The fourth-order valence-corrected chi connectivity index (χ4v) is 3.49. The Morgan fingerprint density at radius 3 is 2.80 bits per heavy atom. The van der Waals surface area contributed by atoms with E-state index in [2.05, 4.69) is 42.0 Å². The first-order chi connectivity index (χ1) is 9.54. The van der Waals surface area contributed by atoms with Gasteiger partial charge in [0.15, 0.2) is 0 Å². The lowest BCUT2D eigenvalue weighted by atomic mass is 9.65. The van der Waals surface area contributed by atoms with Crippen molar-refractivity contribution in [3.8, 4) is 0 Å². The fourth-order valence-electron chi connectivity index (χ4n) is 3.49. The molecule has 106 valence electrons. The average Bonchev–Trinajstić information content (AvgIpc) is 2.78. The minimum absolute atomic E-state index is 0.00222. The molecule has 4 nitrogen and oxygen atoms in total. The van der Waals surface area contributed by atoms with E-state index in [1.807, 2.05) is 18.3 Å². The summed E-state index contributed by atoms with van der Waals surface area (Å²) < 4.78 is 5.86. The van der Waals surface area contributed by atoms with Gasteiger partial charge in [-0.1, -0.05) is 19.9 Å². The quantitative estimate of drug-likeness (QED) is 0.912. The minimum Gasteiger partial charge on any atom is -0.376 e. The number of nitrogens with zero attached hydrogens (tertiary/aromatic N) is 2. The molecule has 2 unspecified atom stereocenters. The molecule has 0 saturated heterocycles. The number of ether oxygens (including phenoxy) is 1. The maximum atomic E-state index is 5.86. The van der Waals surface area contributed by atoms with Crippen molar-refractivity contribution in [3.63, 3.8) is 0 Å². The SMILES string of the molecule is COC1c2c(n[nH]c2C)CC(C)(C)C1c1ccccn1. The summed E-state index contributed by atoms with van der Waals surface area (Å²) >= 11 is 0. The van der Waals surface area contributed by atoms with Crippen molar-refractivity contribution < 1.29 is 4.74 Å². The molecule has 0 spiro atoms. The predicted octanol–water partition coefficient (Wildman–Crippen LogP) is 3.17. The highest BCUT2D eigenvalue weighted by molar-refractivity contribution is 5.36. The Morgan fingerprint density at radius 2 is 2.15 bits per heavy atom. The van der Waals surface area contributed by atoms with Crippen LogP contribution in [0.3, 0.4) is 0 Å². The van der Waals surface area contributed by atoms with E-state index in [4.69, 9.17) is 4.74 Å². The van der Waals surface area contributed by atoms with E-state index in [9.17, 15) is 0 Å². The van der Waals surface area contributed by atoms with Crippen molar-refractivity contribution in [1.82, 2.24) is 15.2 Å². The normalized spacial score (nSPS) is 24.4. The van der Waals surface area contributed by atoms with Gasteiger partial charge in [-0.3, -0.25) is 10.1 Å². The van der Waals surface area contributed by atoms with Gasteiger partial charge >= 0.3 is 0 Å². The number of fused-ring (bicyclic) bond motifs is 1. The second kappa shape index (κ2) is 4.70. The summed E-state index contributed by atoms with van der Waals surface area (Å²) in [6, 6.07) is 6.09. The summed E-state index contributed by atoms with van der Waals surface area (Å²) in [5.41, 5.74) is 4.59. The highest BCUT2D eigenvalue weighted by atomic mass is 16.5. The van der Waals surface area contributed by atoms with E-state index in [0.717, 1.165) is 23.5 Å². The van der Waals surface area contributed by atoms with Gasteiger partial charge in [0.25, 0.3) is 0 Å². The smallest absolute Gasteiger partial charge is 0.0945 e. The Kier molecular flexibility index (Phi) is 3.13. The van der Waals surface area contributed by atoms with E-state index < -0.39 is 0 Å². The molecule has 0 saturated carbocycles. The number of hydrogen-bond acceptors (Lipinski definition) is 3. The third-order valence-corrected chi connectivity index (χ3v) is 4.39. The topological polar surface area (TPSA) is 50.8 Å². The number of H-pyrrole nitrogens is 1. The first-order valence-electron chi connectivity index (χ1n) is 7.02. The molecule has 0 bridgehead atoms. The van der Waals surface area contributed by atoms with Crippen LogP contribution < -0.4 is 0 Å². The third kappa shape index (κ3) is 1.95. The maximum Gasteiger partial charge on any atom is 0.0945 e. The van der Waals surface area contributed by atoms with Crippen LogP contribution in [0.5, 0.6) is 0 Å². The van der Waals surface area contributed by atoms with Crippen molar-refractivity contribution in [2.24, 2.45) is 5.41 Å². The van der Waals surface area contributed by atoms with Gasteiger partial charge in [0.1, 0.15) is 0 Å². The van der Waals surface area contributed by atoms with Gasteiger partial charge in [-0.05, 0) is 30.9 Å². The summed E-state index contributed by atoms with van der Waals surface area (Å²) in [4.78, 5) is 4.57. The molecule has 2 heterocycles. The average molecular weight is 271 g/mol. The minimum atomic E-state index is 0.00222. The first kappa shape index (κ1) is 13.3. The van der Waals surface area contributed by atoms with E-state index in [-0.39, 0.29) is 17.4 Å². The molecule has 0 aliphatic heterocycles. The van der Waals surface area contributed by atoms with Gasteiger partial charge < -0.3 is 4.74 Å². The molecule has 2 atom stereocenters. The van der Waals surface area contributed by atoms with Crippen LogP contribution in [-0.2, 0) is 11.2 Å². The Balaban J connectivity index is 2.15. The van der Waals surface area contributed by atoms with Crippen molar-refractivity contribution >= 4 is 0 Å². The summed E-state index contributed by atoms with van der Waals surface area (Å²) in [6.45, 7) is 6.60. The zero-order chi connectivity index (χ0) is 14.3. The van der Waals surface area contributed by atoms with E-state index in [1.165, 1.54) is 5.56 Å². The van der Waals surface area contributed by atoms with Gasteiger partial charge in [-0.25, -0.2) is 0 Å². The van der Waals surface area contributed by atoms with Crippen LogP contribution in [0.2, 0.25) is 0 Å². The molecule has 1 N–H and O–H groups in total. The first-order valence-corrected chi connectivity index (χ1v) is 7.02. The number of aromatic amines is 1. The Morgan fingerprint density at radius 1 is 1.35 bits per heavy atom. The van der Waals surface area contributed by atoms with Gasteiger partial charge in [0.05, 0.1) is 11.8 Å². The van der Waals surface area contributed by atoms with Gasteiger partial charge in [0.2, 0.25) is 0 Å². The molecule has 4 heteroatoms. The number of aromatic nitrogens is 3. The standard InChI is InChI=1S/C16H21N3O/c1-10-13-12(19-18-10)9-16(2,3)14(15(13)20-4)11-7-5-6-8-17-11/h5-8,14-15H,9H2,1-4H3,(H,18,19). The summed E-state index contributed by atoms with van der Waals surface area (Å²) in [5, 5.41) is 7.56. The highest BCUT2D eigenvalue weighted by Crippen LogP contribution is 2.52. The molecule has 1 aliphatic rings. The lowest BCUT2D eigenvalue weighted by Gasteiger charge is -2.42. The molecule has 0 aromatic carbocycles. The second-order valence-corrected chi connectivity index (χ2v) is 6.26. The van der Waals surface area contributed by atoms with Gasteiger partial charge in [0, 0.05) is 36.2 Å². The number of methoxy groups -OCH3 is 1. The zero-order valence-electron chi connectivity index (χ0n) is 12.5. The van der Waals surface area contributed by atoms with E-state index in [0.29, 0.717) is 0 Å². The van der Waals surface area contributed by atoms with Crippen LogP contribution in [0.25, 0.3) is 0 Å². The molecule has 2 aromatic rings. The molecule has 0 fully saturated rings. The molecule has 3 rings (SSSR count). The van der Waals surface area contributed by atoms with Crippen molar-refractivity contribution in [3.05, 3.63) is 47.0 Å². The second-order valence-electron chi connectivity index (χ2n) is 6.26. The predicted molar refractivity (Wildman–Crippen MR) is 77.5 cm³/mol. The fraction of sp³-hybridized carbons (Fsp3) is 0.500.